The number of rotatable bonds is 24. The summed E-state index contributed by atoms with van der Waals surface area (Å²) in [7, 11) is -53.4. The van der Waals surface area contributed by atoms with Gasteiger partial charge in [-0.3, -0.25) is 36.4 Å². The van der Waals surface area contributed by atoms with E-state index < -0.39 is 238 Å². The summed E-state index contributed by atoms with van der Waals surface area (Å²) in [5.41, 5.74) is 6.31. The molecular weight excluding hydrogens is 1430 g/mol. The van der Waals surface area contributed by atoms with Gasteiger partial charge in [0.05, 0.1) is 62.6 Å². The lowest BCUT2D eigenvalue weighted by Crippen LogP contribution is -2.16. The van der Waals surface area contributed by atoms with E-state index in [0.29, 0.717) is 18.2 Å². The number of nitrogen functional groups attached to an aromatic ring is 3. The Bertz CT molecular complexity index is 5360. The van der Waals surface area contributed by atoms with Gasteiger partial charge in [0, 0.05) is 0 Å². The highest BCUT2D eigenvalue weighted by molar-refractivity contribution is 7.92. The predicted molar refractivity (Wildman–Crippen MR) is 299 cm³/mol. The fraction of sp³-hybridized carbons (Fsp3) is 0.105. The molecule has 0 aliphatic heterocycles. The van der Waals surface area contributed by atoms with Gasteiger partial charge < -0.3 is 22.3 Å². The van der Waals surface area contributed by atoms with Crippen molar-refractivity contribution in [2.45, 2.75) is 39.2 Å². The summed E-state index contributed by atoms with van der Waals surface area (Å²) in [6, 6.07) is 6.25. The fourth-order valence-electron chi connectivity index (χ4n) is 7.13. The summed E-state index contributed by atoms with van der Waals surface area (Å²) < 4.78 is 332. The number of sulfone groups is 2. The van der Waals surface area contributed by atoms with E-state index >= 15 is 0 Å². The lowest BCUT2D eigenvalue weighted by Gasteiger charge is -2.14. The molecule has 52 heteroatoms. The van der Waals surface area contributed by atoms with Crippen LogP contribution in [0.3, 0.4) is 0 Å². The number of hydrogen-bond donors (Lipinski definition) is 12. The highest BCUT2D eigenvalue weighted by Gasteiger charge is 2.32. The SMILES string of the molecule is Nc1c(N=Nc2ccc(S(=O)(=O)CCOS(=O)(=O)O)cc2)cc(S(=O)(=O)O)c(N)c1N=Nc1cc(N=Nc2c(S(=O)(=O)O)cc3cc(S(=O)(=O)O)c(N=Nc4ccc(S(=O)(=O)CCOS(=O)(=O)O)cc4S(=O)(=O)O)c(N)c3c2O)c(S(=O)(=O)O)cc1S(=O)(=O)O. The Morgan fingerprint density at radius 2 is 0.733 bits per heavy atom. The second kappa shape index (κ2) is 25.2. The van der Waals surface area contributed by atoms with Gasteiger partial charge in [0.1, 0.15) is 69.2 Å². The first-order valence-electron chi connectivity index (χ1n) is 22.3. The van der Waals surface area contributed by atoms with Crippen molar-refractivity contribution >= 4 is 175 Å². The second-order valence-electron chi connectivity index (χ2n) is 17.1. The van der Waals surface area contributed by atoms with Gasteiger partial charge in [-0.05, 0) is 78.2 Å². The molecule has 0 unspecified atom stereocenters. The molecule has 42 nitrogen and oxygen atoms in total. The van der Waals surface area contributed by atoms with Gasteiger partial charge in [-0.15, -0.1) is 35.8 Å². The van der Waals surface area contributed by atoms with Gasteiger partial charge in [-0.1, -0.05) is 0 Å². The Morgan fingerprint density at radius 3 is 1.19 bits per heavy atom. The average molecular weight is 1460 g/mol. The topological polar surface area (TPSA) is 719 Å². The summed E-state index contributed by atoms with van der Waals surface area (Å²) >= 11 is 0. The zero-order valence-corrected chi connectivity index (χ0v) is 51.3. The Kier molecular flexibility index (Phi) is 20.0. The molecule has 0 amide bonds. The van der Waals surface area contributed by atoms with E-state index in [9.17, 15) is 117 Å². The molecule has 0 aliphatic rings. The molecule has 6 aromatic rings. The van der Waals surface area contributed by atoms with Crippen LogP contribution in [0.15, 0.2) is 153 Å². The average Bonchev–Trinajstić information content (AvgIpc) is 0.751. The molecule has 90 heavy (non-hydrogen) atoms. The molecule has 488 valence electrons. The Balaban J connectivity index is 1.53. The quantitative estimate of drug-likeness (QED) is 0.0234. The number of anilines is 3. The van der Waals surface area contributed by atoms with Gasteiger partial charge in [-0.2, -0.15) is 72.5 Å². The first-order valence-corrected chi connectivity index (χ1v) is 37.0. The lowest BCUT2D eigenvalue weighted by atomic mass is 10.1. The summed E-state index contributed by atoms with van der Waals surface area (Å²) in [5.74, 6) is -3.84. The first kappa shape index (κ1) is 71.4. The van der Waals surface area contributed by atoms with Crippen LogP contribution >= 0.6 is 0 Å². The first-order chi connectivity index (χ1) is 40.8. The van der Waals surface area contributed by atoms with Crippen LogP contribution in [0.5, 0.6) is 5.75 Å². The Hall–Kier alpha value is -7.72. The number of nitrogens with zero attached hydrogens (tertiary/aromatic N) is 8. The number of fused-ring (bicyclic) bond motifs is 1. The normalized spacial score (nSPS) is 13.8. The van der Waals surface area contributed by atoms with Gasteiger partial charge >= 0.3 is 20.8 Å². The molecule has 0 radical (unpaired) electrons. The zero-order valence-electron chi connectivity index (χ0n) is 43.2. The smallest absolute Gasteiger partial charge is 0.397 e. The van der Waals surface area contributed by atoms with Crippen LogP contribution < -0.4 is 17.2 Å². The van der Waals surface area contributed by atoms with Gasteiger partial charge in [0.15, 0.2) is 25.4 Å². The second-order valence-corrected chi connectivity index (χ2v) is 31.8. The third-order valence-corrected chi connectivity index (χ3v) is 20.6. The molecule has 6 rings (SSSR count). The number of benzene rings is 6. The summed E-state index contributed by atoms with van der Waals surface area (Å²) in [6.07, 6.45) is 0. The standard InChI is InChI=1S/C38H35N11O31S10/c39-32-24(46-42-18-1-3-19(4-2-18)81(51,52)9-7-79-89(73,74)75)15-28(86(64,65)66)33(40)37(32)49-45-23-14-22(26(84(58,59)60)16-27(23)85(61,62)63)44-48-36-30(88(70,71)72)12-17-11-29(87(67,68)69)35(34(41)31(17)38(36)50)47-43-21-6-5-20(13-25(21)83(55,56)57)82(53,54)10-8-80-90(76,77)78/h1-6,11-16,50H,7-10,39-41H2,(H,55,56,57)(H,58,59,60)(H,61,62,63)(H,64,65,66)(H,67,68,69)(H,70,71,72)(H,73,74,75)(H,76,77,78). The number of aromatic hydroxyl groups is 1. The minimum Gasteiger partial charge on any atom is -0.505 e. The molecule has 6 aromatic carbocycles. The third kappa shape index (κ3) is 17.2. The number of hydrogen-bond acceptors (Lipinski definition) is 34. The maximum absolute atomic E-state index is 12.9. The van der Waals surface area contributed by atoms with E-state index in [1.54, 1.807) is 0 Å². The van der Waals surface area contributed by atoms with Crippen molar-refractivity contribution in [2.75, 3.05) is 41.9 Å². The number of phenolic OH excluding ortho intramolecular Hbond substituents is 1. The molecule has 0 atom stereocenters. The van der Waals surface area contributed by atoms with Crippen molar-refractivity contribution in [1.29, 1.82) is 0 Å². The van der Waals surface area contributed by atoms with Crippen molar-refractivity contribution in [2.24, 2.45) is 40.9 Å². The molecule has 0 aromatic heterocycles. The van der Waals surface area contributed by atoms with Crippen LogP contribution in [0.2, 0.25) is 0 Å². The number of azo groups is 4. The minimum absolute atomic E-state index is 0.100. The van der Waals surface area contributed by atoms with Gasteiger partial charge in [-0.25, -0.2) is 25.2 Å². The third-order valence-electron chi connectivity index (χ3n) is 11.0. The Morgan fingerprint density at radius 1 is 0.344 bits per heavy atom. The van der Waals surface area contributed by atoms with Crippen molar-refractivity contribution < 1.29 is 134 Å². The molecule has 0 heterocycles. The van der Waals surface area contributed by atoms with Crippen molar-refractivity contribution in [3.63, 3.8) is 0 Å². The number of phenols is 1. The molecule has 0 saturated carbocycles. The predicted octanol–water partition coefficient (Wildman–Crippen LogP) is 3.62. The van der Waals surface area contributed by atoms with E-state index in [2.05, 4.69) is 49.3 Å². The molecule has 15 N–H and O–H groups in total. The highest BCUT2D eigenvalue weighted by atomic mass is 32.3. The largest absolute Gasteiger partial charge is 0.505 e. The maximum atomic E-state index is 12.9. The maximum Gasteiger partial charge on any atom is 0.397 e. The van der Waals surface area contributed by atoms with E-state index in [4.69, 9.17) is 26.3 Å². The Labute approximate surface area is 505 Å². The molecular formula is C38H35N11O31S10. The summed E-state index contributed by atoms with van der Waals surface area (Å²) in [5, 5.41) is 37.9. The molecule has 0 aliphatic carbocycles. The molecule has 0 spiro atoms. The monoisotopic (exact) mass is 1460 g/mol. The summed E-state index contributed by atoms with van der Waals surface area (Å²) in [4.78, 5) is -10.5. The van der Waals surface area contributed by atoms with Crippen molar-refractivity contribution in [3.8, 4) is 5.75 Å². The van der Waals surface area contributed by atoms with Crippen LogP contribution in [-0.4, -0.2) is 150 Å². The fourth-order valence-corrected chi connectivity index (χ4v) is 14.2. The lowest BCUT2D eigenvalue weighted by molar-refractivity contribution is 0.282. The van der Waals surface area contributed by atoms with Gasteiger partial charge in [0.2, 0.25) is 0 Å². The van der Waals surface area contributed by atoms with Crippen LogP contribution in [0.25, 0.3) is 10.8 Å². The number of nitrogens with two attached hydrogens (primary N) is 3. The van der Waals surface area contributed by atoms with Crippen LogP contribution in [0.4, 0.5) is 62.6 Å². The van der Waals surface area contributed by atoms with Crippen LogP contribution in [0.1, 0.15) is 0 Å². The minimum atomic E-state index is -5.86. The highest BCUT2D eigenvalue weighted by Crippen LogP contribution is 2.50. The van der Waals surface area contributed by atoms with E-state index in [1.165, 1.54) is 0 Å². The zero-order chi connectivity index (χ0) is 68.1. The van der Waals surface area contributed by atoms with E-state index in [0.717, 1.165) is 24.3 Å². The van der Waals surface area contributed by atoms with E-state index in [-0.39, 0.29) is 36.0 Å². The van der Waals surface area contributed by atoms with Crippen LogP contribution in [-0.2, 0) is 110 Å². The van der Waals surface area contributed by atoms with E-state index in [1.807, 2.05) is 0 Å². The van der Waals surface area contributed by atoms with Crippen LogP contribution in [0, 0.1) is 0 Å². The summed E-state index contributed by atoms with van der Waals surface area (Å²) in [6.45, 7) is -2.22. The molecule has 0 bridgehead atoms. The van der Waals surface area contributed by atoms with Crippen molar-refractivity contribution in [1.82, 2.24) is 0 Å². The van der Waals surface area contributed by atoms with Gasteiger partial charge in [0.25, 0.3) is 60.7 Å². The molecule has 0 saturated heterocycles. The molecule has 0 fully saturated rings. The van der Waals surface area contributed by atoms with Crippen molar-refractivity contribution in [3.05, 3.63) is 72.8 Å².